The Kier molecular flexibility index (Phi) is 3.97. The summed E-state index contributed by atoms with van der Waals surface area (Å²) in [6.45, 7) is 0. The second-order valence-electron chi connectivity index (χ2n) is 0.644. The highest BCUT2D eigenvalue weighted by Crippen LogP contribution is 1.68. The summed E-state index contributed by atoms with van der Waals surface area (Å²) in [5, 5.41) is 0. The van der Waals surface area contributed by atoms with Crippen molar-refractivity contribution in [2.24, 2.45) is 0 Å². The molecule has 0 atom stereocenters. The van der Waals surface area contributed by atoms with Crippen LogP contribution >= 0.6 is 0 Å². The molecule has 0 spiro atoms. The van der Waals surface area contributed by atoms with E-state index in [1.165, 1.54) is 19.6 Å². The van der Waals surface area contributed by atoms with E-state index < -0.39 is 0 Å². The molecule has 0 heterocycles. The molecule has 0 aliphatic rings. The predicted molar refractivity (Wildman–Crippen MR) is 23.0 cm³/mol. The summed E-state index contributed by atoms with van der Waals surface area (Å²) in [7, 11) is 6.06. The van der Waals surface area contributed by atoms with Gasteiger partial charge in [-0.3, -0.25) is 0 Å². The van der Waals surface area contributed by atoms with Gasteiger partial charge in [0.05, 0.1) is 13.4 Å². The average Bonchev–Trinajstić information content (AvgIpc) is 1.61. The van der Waals surface area contributed by atoms with Crippen LogP contribution in [0.1, 0.15) is 0 Å². The first-order valence-corrected chi connectivity index (χ1v) is 1.45. The normalized spacial score (nSPS) is 8.83. The van der Waals surface area contributed by atoms with Crippen LogP contribution in [0.3, 0.4) is 0 Å². The summed E-state index contributed by atoms with van der Waals surface area (Å²) in [5.74, 6) is 0. The first-order chi connectivity index (χ1) is 2.91. The van der Waals surface area contributed by atoms with E-state index in [0.29, 0.717) is 0 Å². The first kappa shape index (κ1) is 5.40. The van der Waals surface area contributed by atoms with Crippen LogP contribution in [0, 0.1) is 0 Å². The Bertz CT molecular complexity index is 38.1. The van der Waals surface area contributed by atoms with Gasteiger partial charge in [0.15, 0.2) is 0 Å². The third kappa shape index (κ3) is 3.40. The Morgan fingerprint density at radius 2 is 2.17 bits per heavy atom. The van der Waals surface area contributed by atoms with Crippen molar-refractivity contribution in [1.29, 1.82) is 0 Å². The second kappa shape index (κ2) is 4.40. The molecule has 0 bridgehead atoms. The third-order valence-electron chi connectivity index (χ3n) is 0.270. The largest absolute Gasteiger partial charge is 0.571 e. The van der Waals surface area contributed by atoms with Gasteiger partial charge >= 0.3 is 8.05 Å². The summed E-state index contributed by atoms with van der Waals surface area (Å²) >= 11 is 0. The quantitative estimate of drug-likeness (QED) is 0.351. The van der Waals surface area contributed by atoms with Gasteiger partial charge in [0, 0.05) is 0 Å². The van der Waals surface area contributed by atoms with Gasteiger partial charge in [-0.05, 0) is 0 Å². The molecule has 2 radical (unpaired) electrons. The van der Waals surface area contributed by atoms with E-state index in [9.17, 15) is 0 Å². The molecule has 0 fully saturated rings. The van der Waals surface area contributed by atoms with Crippen molar-refractivity contribution in [3.8, 4) is 0 Å². The van der Waals surface area contributed by atoms with Gasteiger partial charge in [-0.1, -0.05) is 0 Å². The average molecular weight is 83.9 g/mol. The van der Waals surface area contributed by atoms with E-state index >= 15 is 0 Å². The summed E-state index contributed by atoms with van der Waals surface area (Å²) in [5.41, 5.74) is 0. The molecule has 0 aromatic rings. The van der Waals surface area contributed by atoms with E-state index in [2.05, 4.69) is 17.4 Å². The molecule has 0 aromatic carbocycles. The maximum atomic E-state index is 4.55. The van der Waals surface area contributed by atoms with Gasteiger partial charge in [0.1, 0.15) is 6.26 Å². The SMILES string of the molecule is [B]O/C=C\OC. The first-order valence-electron chi connectivity index (χ1n) is 1.45. The van der Waals surface area contributed by atoms with Crippen molar-refractivity contribution < 1.29 is 9.39 Å². The maximum Gasteiger partial charge on any atom is 0.373 e. The summed E-state index contributed by atoms with van der Waals surface area (Å²) in [6, 6.07) is 0. The maximum absolute atomic E-state index is 4.55. The minimum atomic E-state index is 1.24. The van der Waals surface area contributed by atoms with Crippen molar-refractivity contribution >= 4 is 8.05 Å². The van der Waals surface area contributed by atoms with Gasteiger partial charge in [0.2, 0.25) is 0 Å². The van der Waals surface area contributed by atoms with Crippen molar-refractivity contribution in [2.75, 3.05) is 7.11 Å². The van der Waals surface area contributed by atoms with Crippen LogP contribution in [-0.4, -0.2) is 15.2 Å². The van der Waals surface area contributed by atoms with Gasteiger partial charge < -0.3 is 9.39 Å². The number of methoxy groups -OCH3 is 1. The lowest BCUT2D eigenvalue weighted by Gasteiger charge is -1.83. The van der Waals surface area contributed by atoms with E-state index in [-0.39, 0.29) is 0 Å². The lowest BCUT2D eigenvalue weighted by Crippen LogP contribution is -1.68. The number of rotatable bonds is 2. The van der Waals surface area contributed by atoms with Crippen molar-refractivity contribution in [2.45, 2.75) is 0 Å². The molecule has 0 N–H and O–H groups in total. The van der Waals surface area contributed by atoms with Crippen LogP contribution in [0.4, 0.5) is 0 Å². The number of hydrogen-bond acceptors (Lipinski definition) is 2. The summed E-state index contributed by atoms with van der Waals surface area (Å²) in [4.78, 5) is 0. The minimum Gasteiger partial charge on any atom is -0.571 e. The van der Waals surface area contributed by atoms with Crippen LogP contribution in [0.15, 0.2) is 12.5 Å². The number of ether oxygens (including phenoxy) is 1. The molecule has 6 heavy (non-hydrogen) atoms. The van der Waals surface area contributed by atoms with Gasteiger partial charge in [-0.2, -0.15) is 0 Å². The Hall–Kier alpha value is -0.595. The van der Waals surface area contributed by atoms with E-state index in [1.54, 1.807) is 0 Å². The Morgan fingerprint density at radius 3 is 2.33 bits per heavy atom. The van der Waals surface area contributed by atoms with Crippen molar-refractivity contribution in [3.05, 3.63) is 12.5 Å². The molecule has 32 valence electrons. The molecule has 0 saturated heterocycles. The molecular formula is C3H5BO2. The highest BCUT2D eigenvalue weighted by Gasteiger charge is 1.56. The Balaban J connectivity index is 2.73. The minimum absolute atomic E-state index is 1.24. The fourth-order valence-electron chi connectivity index (χ4n) is 0.0876. The highest BCUT2D eigenvalue weighted by molar-refractivity contribution is 5.98. The lowest BCUT2D eigenvalue weighted by molar-refractivity contribution is 0.323. The monoisotopic (exact) mass is 84.0 g/mol. The van der Waals surface area contributed by atoms with Gasteiger partial charge in [0.25, 0.3) is 0 Å². The van der Waals surface area contributed by atoms with Crippen molar-refractivity contribution in [3.63, 3.8) is 0 Å². The summed E-state index contributed by atoms with van der Waals surface area (Å²) < 4.78 is 8.37. The zero-order chi connectivity index (χ0) is 4.83. The van der Waals surface area contributed by atoms with Crippen molar-refractivity contribution in [1.82, 2.24) is 0 Å². The van der Waals surface area contributed by atoms with Crippen LogP contribution in [0.25, 0.3) is 0 Å². The van der Waals surface area contributed by atoms with Crippen LogP contribution in [-0.2, 0) is 9.39 Å². The lowest BCUT2D eigenvalue weighted by atomic mass is 10.6. The molecule has 0 saturated carbocycles. The standard InChI is InChI=1S/C3H5BO2/c1-5-2-3-6-4/h2-3H,1H3/b3-2-. The van der Waals surface area contributed by atoms with Gasteiger partial charge in [-0.25, -0.2) is 0 Å². The second-order valence-corrected chi connectivity index (χ2v) is 0.644. The Morgan fingerprint density at radius 1 is 1.50 bits per heavy atom. The highest BCUT2D eigenvalue weighted by atomic mass is 16.5. The van der Waals surface area contributed by atoms with Crippen LogP contribution in [0.5, 0.6) is 0 Å². The smallest absolute Gasteiger partial charge is 0.373 e. The molecule has 0 unspecified atom stereocenters. The molecule has 0 aliphatic carbocycles. The molecular weight excluding hydrogens is 78.8 g/mol. The topological polar surface area (TPSA) is 18.5 Å². The van der Waals surface area contributed by atoms with Gasteiger partial charge in [-0.15, -0.1) is 0 Å². The predicted octanol–water partition coefficient (Wildman–Crippen LogP) is 0.204. The Labute approximate surface area is 38.2 Å². The number of hydrogen-bond donors (Lipinski definition) is 0. The molecule has 0 rings (SSSR count). The van der Waals surface area contributed by atoms with Crippen LogP contribution < -0.4 is 0 Å². The van der Waals surface area contributed by atoms with E-state index in [0.717, 1.165) is 0 Å². The third-order valence-corrected chi connectivity index (χ3v) is 0.270. The van der Waals surface area contributed by atoms with E-state index in [4.69, 9.17) is 0 Å². The molecule has 0 aliphatic heterocycles. The molecule has 2 nitrogen and oxygen atoms in total. The van der Waals surface area contributed by atoms with E-state index in [1.807, 2.05) is 0 Å². The summed E-state index contributed by atoms with van der Waals surface area (Å²) in [6.07, 6.45) is 2.57. The zero-order valence-electron chi connectivity index (χ0n) is 3.55. The molecule has 3 heteroatoms. The fraction of sp³-hybridized carbons (Fsp3) is 0.333. The fourth-order valence-corrected chi connectivity index (χ4v) is 0.0876. The van der Waals surface area contributed by atoms with Crippen LogP contribution in [0.2, 0.25) is 0 Å². The molecule has 0 aromatic heterocycles. The molecule has 0 amide bonds. The zero-order valence-corrected chi connectivity index (χ0v) is 3.55.